The van der Waals surface area contributed by atoms with E-state index in [4.69, 9.17) is 9.15 Å². The Labute approximate surface area is 95.4 Å². The maximum Gasteiger partial charge on any atom is 0.236 e. The molecule has 0 aliphatic carbocycles. The molecule has 90 valence electrons. The Balaban J connectivity index is 2.29. The number of hydrogen-bond donors (Lipinski definition) is 1. The van der Waals surface area contributed by atoms with E-state index in [9.17, 15) is 4.79 Å². The second-order valence-electron chi connectivity index (χ2n) is 3.69. The lowest BCUT2D eigenvalue weighted by Crippen LogP contribution is -2.32. The Hall–Kier alpha value is -1.33. The van der Waals surface area contributed by atoms with Crippen LogP contribution in [0.2, 0.25) is 0 Å². The summed E-state index contributed by atoms with van der Waals surface area (Å²) in [5, 5.41) is 3.01. The highest BCUT2D eigenvalue weighted by molar-refractivity contribution is 5.77. The molecule has 1 amide bonds. The standard InChI is InChI=1S/C11H18N2O3/c1-13(2)11(14)7-12-6-9-4-5-10(16-9)8-15-3/h4-5,12H,6-8H2,1-3H3. The van der Waals surface area contributed by atoms with Gasteiger partial charge in [-0.3, -0.25) is 4.79 Å². The summed E-state index contributed by atoms with van der Waals surface area (Å²) in [6.07, 6.45) is 0. The third-order valence-electron chi connectivity index (χ3n) is 2.08. The highest BCUT2D eigenvalue weighted by Gasteiger charge is 2.05. The normalized spacial score (nSPS) is 10.4. The smallest absolute Gasteiger partial charge is 0.236 e. The Bertz CT molecular complexity index is 334. The van der Waals surface area contributed by atoms with E-state index in [2.05, 4.69) is 5.32 Å². The number of furan rings is 1. The number of ether oxygens (including phenoxy) is 1. The van der Waals surface area contributed by atoms with E-state index in [0.29, 0.717) is 19.7 Å². The van der Waals surface area contributed by atoms with Gasteiger partial charge in [-0.05, 0) is 12.1 Å². The van der Waals surface area contributed by atoms with Crippen LogP contribution in [-0.4, -0.2) is 38.6 Å². The lowest BCUT2D eigenvalue weighted by Gasteiger charge is -2.09. The molecular weight excluding hydrogens is 208 g/mol. The van der Waals surface area contributed by atoms with Crippen LogP contribution >= 0.6 is 0 Å². The van der Waals surface area contributed by atoms with Crippen molar-refractivity contribution in [2.45, 2.75) is 13.2 Å². The van der Waals surface area contributed by atoms with E-state index in [0.717, 1.165) is 11.5 Å². The van der Waals surface area contributed by atoms with Crippen molar-refractivity contribution in [3.05, 3.63) is 23.7 Å². The quantitative estimate of drug-likeness (QED) is 0.772. The first-order valence-electron chi connectivity index (χ1n) is 5.11. The molecule has 0 fully saturated rings. The third-order valence-corrected chi connectivity index (χ3v) is 2.08. The number of methoxy groups -OCH3 is 1. The second kappa shape index (κ2) is 6.30. The summed E-state index contributed by atoms with van der Waals surface area (Å²) in [4.78, 5) is 12.8. The van der Waals surface area contributed by atoms with Crippen molar-refractivity contribution in [3.63, 3.8) is 0 Å². The van der Waals surface area contributed by atoms with E-state index in [1.54, 1.807) is 26.1 Å². The zero-order chi connectivity index (χ0) is 12.0. The number of likely N-dealkylation sites (N-methyl/N-ethyl adjacent to an activating group) is 1. The third kappa shape index (κ3) is 4.04. The van der Waals surface area contributed by atoms with E-state index in [-0.39, 0.29) is 5.91 Å². The molecule has 0 saturated heterocycles. The summed E-state index contributed by atoms with van der Waals surface area (Å²) >= 11 is 0. The van der Waals surface area contributed by atoms with Crippen LogP contribution in [-0.2, 0) is 22.7 Å². The van der Waals surface area contributed by atoms with Gasteiger partial charge in [-0.25, -0.2) is 0 Å². The predicted molar refractivity (Wildman–Crippen MR) is 59.8 cm³/mol. The average Bonchev–Trinajstić information content (AvgIpc) is 2.66. The van der Waals surface area contributed by atoms with Gasteiger partial charge in [-0.15, -0.1) is 0 Å². The van der Waals surface area contributed by atoms with Gasteiger partial charge in [0.15, 0.2) is 0 Å². The van der Waals surface area contributed by atoms with Crippen LogP contribution in [0.1, 0.15) is 11.5 Å². The summed E-state index contributed by atoms with van der Waals surface area (Å²) in [6.45, 7) is 1.33. The molecule has 0 saturated carbocycles. The van der Waals surface area contributed by atoms with Crippen molar-refractivity contribution < 1.29 is 13.9 Å². The fourth-order valence-corrected chi connectivity index (χ4v) is 1.19. The number of carbonyl (C=O) groups is 1. The molecule has 0 aliphatic rings. The molecule has 5 heteroatoms. The molecule has 1 aromatic rings. The Morgan fingerprint density at radius 3 is 2.75 bits per heavy atom. The van der Waals surface area contributed by atoms with Gasteiger partial charge in [-0.2, -0.15) is 0 Å². The number of rotatable bonds is 6. The fraction of sp³-hybridized carbons (Fsp3) is 0.545. The Morgan fingerprint density at radius 1 is 1.44 bits per heavy atom. The van der Waals surface area contributed by atoms with Crippen LogP contribution in [0.5, 0.6) is 0 Å². The average molecular weight is 226 g/mol. The van der Waals surface area contributed by atoms with Crippen LogP contribution in [0.3, 0.4) is 0 Å². The van der Waals surface area contributed by atoms with Crippen LogP contribution in [0.4, 0.5) is 0 Å². The first-order valence-corrected chi connectivity index (χ1v) is 5.11. The van der Waals surface area contributed by atoms with E-state index < -0.39 is 0 Å². The maximum atomic E-state index is 11.3. The highest BCUT2D eigenvalue weighted by Crippen LogP contribution is 2.08. The van der Waals surface area contributed by atoms with E-state index in [1.165, 1.54) is 0 Å². The number of hydrogen-bond acceptors (Lipinski definition) is 4. The van der Waals surface area contributed by atoms with Gasteiger partial charge in [0.2, 0.25) is 5.91 Å². The first kappa shape index (κ1) is 12.7. The molecule has 0 spiro atoms. The molecule has 0 aliphatic heterocycles. The van der Waals surface area contributed by atoms with Gasteiger partial charge in [0.1, 0.15) is 18.1 Å². The Kier molecular flexibility index (Phi) is 5.01. The molecule has 0 radical (unpaired) electrons. The van der Waals surface area contributed by atoms with Gasteiger partial charge in [0.25, 0.3) is 0 Å². The Morgan fingerprint density at radius 2 is 2.12 bits per heavy atom. The van der Waals surface area contributed by atoms with Crippen LogP contribution < -0.4 is 5.32 Å². The minimum absolute atomic E-state index is 0.0451. The monoisotopic (exact) mass is 226 g/mol. The molecular formula is C11H18N2O3. The number of nitrogens with zero attached hydrogens (tertiary/aromatic N) is 1. The summed E-state index contributed by atoms with van der Waals surface area (Å²) in [6, 6.07) is 3.75. The highest BCUT2D eigenvalue weighted by atomic mass is 16.5. The van der Waals surface area contributed by atoms with Crippen molar-refractivity contribution in [1.82, 2.24) is 10.2 Å². The van der Waals surface area contributed by atoms with Gasteiger partial charge < -0.3 is 19.4 Å². The zero-order valence-electron chi connectivity index (χ0n) is 9.95. The molecule has 1 aromatic heterocycles. The van der Waals surface area contributed by atoms with Crippen molar-refractivity contribution in [3.8, 4) is 0 Å². The summed E-state index contributed by atoms with van der Waals surface area (Å²) in [5.41, 5.74) is 0. The summed E-state index contributed by atoms with van der Waals surface area (Å²) in [7, 11) is 5.08. The van der Waals surface area contributed by atoms with E-state index >= 15 is 0 Å². The minimum atomic E-state index is 0.0451. The first-order chi connectivity index (χ1) is 7.63. The summed E-state index contributed by atoms with van der Waals surface area (Å²) < 4.78 is 10.4. The van der Waals surface area contributed by atoms with Crippen molar-refractivity contribution in [2.24, 2.45) is 0 Å². The van der Waals surface area contributed by atoms with Gasteiger partial charge >= 0.3 is 0 Å². The molecule has 1 rings (SSSR count). The van der Waals surface area contributed by atoms with Crippen LogP contribution in [0, 0.1) is 0 Å². The maximum absolute atomic E-state index is 11.3. The molecule has 0 atom stereocenters. The SMILES string of the molecule is COCc1ccc(CNCC(=O)N(C)C)o1. The molecule has 5 nitrogen and oxygen atoms in total. The lowest BCUT2D eigenvalue weighted by molar-refractivity contribution is -0.127. The van der Waals surface area contributed by atoms with Crippen LogP contribution in [0.15, 0.2) is 16.5 Å². The van der Waals surface area contributed by atoms with Crippen LogP contribution in [0.25, 0.3) is 0 Å². The molecule has 0 bridgehead atoms. The van der Waals surface area contributed by atoms with Gasteiger partial charge in [0, 0.05) is 21.2 Å². The molecule has 0 unspecified atom stereocenters. The topological polar surface area (TPSA) is 54.7 Å². The summed E-state index contributed by atoms with van der Waals surface area (Å²) in [5.74, 6) is 1.64. The zero-order valence-corrected chi connectivity index (χ0v) is 9.95. The predicted octanol–water partition coefficient (Wildman–Crippen LogP) is 0.604. The molecule has 16 heavy (non-hydrogen) atoms. The molecule has 0 aromatic carbocycles. The van der Waals surface area contributed by atoms with Crippen molar-refractivity contribution in [1.29, 1.82) is 0 Å². The van der Waals surface area contributed by atoms with Gasteiger partial charge in [0.05, 0.1) is 13.1 Å². The molecule has 1 heterocycles. The lowest BCUT2D eigenvalue weighted by atomic mass is 10.4. The number of amides is 1. The minimum Gasteiger partial charge on any atom is -0.462 e. The largest absolute Gasteiger partial charge is 0.462 e. The van der Waals surface area contributed by atoms with Crippen molar-refractivity contribution >= 4 is 5.91 Å². The fourth-order valence-electron chi connectivity index (χ4n) is 1.19. The number of carbonyl (C=O) groups excluding carboxylic acids is 1. The molecule has 1 N–H and O–H groups in total. The second-order valence-corrected chi connectivity index (χ2v) is 3.69. The van der Waals surface area contributed by atoms with E-state index in [1.807, 2.05) is 12.1 Å². The number of nitrogens with one attached hydrogen (secondary N) is 1. The van der Waals surface area contributed by atoms with Gasteiger partial charge in [-0.1, -0.05) is 0 Å². The van der Waals surface area contributed by atoms with Crippen molar-refractivity contribution in [2.75, 3.05) is 27.7 Å².